The van der Waals surface area contributed by atoms with Crippen molar-refractivity contribution in [1.82, 2.24) is 14.7 Å². The molecule has 0 saturated carbocycles. The number of amides is 1. The van der Waals surface area contributed by atoms with Gasteiger partial charge in [0.1, 0.15) is 0 Å². The molecular weight excluding hydrogens is 270 g/mol. The van der Waals surface area contributed by atoms with Gasteiger partial charge in [0.05, 0.1) is 36.3 Å². The molecule has 1 heterocycles. The van der Waals surface area contributed by atoms with Crippen molar-refractivity contribution in [2.75, 3.05) is 25.4 Å². The van der Waals surface area contributed by atoms with E-state index in [2.05, 4.69) is 18.9 Å². The highest BCUT2D eigenvalue weighted by atomic mass is 16.3. The van der Waals surface area contributed by atoms with Crippen LogP contribution in [-0.2, 0) is 11.3 Å². The predicted molar refractivity (Wildman–Crippen MR) is 82.6 cm³/mol. The second-order valence-corrected chi connectivity index (χ2v) is 5.97. The summed E-state index contributed by atoms with van der Waals surface area (Å²) in [5, 5.41) is 14.5. The predicted octanol–water partition coefficient (Wildman–Crippen LogP) is -0.114. The van der Waals surface area contributed by atoms with Crippen molar-refractivity contribution in [2.45, 2.75) is 40.3 Å². The fourth-order valence-corrected chi connectivity index (χ4v) is 2.38. The van der Waals surface area contributed by atoms with Crippen LogP contribution < -0.4 is 11.5 Å². The first kappa shape index (κ1) is 17.5. The van der Waals surface area contributed by atoms with Gasteiger partial charge < -0.3 is 16.6 Å². The Hall–Kier alpha value is -1.60. The minimum atomic E-state index is -0.638. The number of hydrogen-bond acceptors (Lipinski definition) is 5. The maximum atomic E-state index is 11.1. The zero-order chi connectivity index (χ0) is 16.2. The summed E-state index contributed by atoms with van der Waals surface area (Å²) in [6, 6.07) is 0. The highest BCUT2D eigenvalue weighted by Crippen LogP contribution is 2.15. The van der Waals surface area contributed by atoms with Gasteiger partial charge in [-0.05, 0) is 19.8 Å². The van der Waals surface area contributed by atoms with E-state index in [9.17, 15) is 9.90 Å². The molecule has 1 aromatic heterocycles. The number of nitrogens with zero attached hydrogens (tertiary/aromatic N) is 3. The Morgan fingerprint density at radius 3 is 2.43 bits per heavy atom. The summed E-state index contributed by atoms with van der Waals surface area (Å²) in [5.41, 5.74) is 13.4. The molecule has 1 rings (SSSR count). The first-order valence-corrected chi connectivity index (χ1v) is 7.18. The van der Waals surface area contributed by atoms with Crippen LogP contribution >= 0.6 is 0 Å². The Morgan fingerprint density at radius 1 is 1.38 bits per heavy atom. The van der Waals surface area contributed by atoms with Gasteiger partial charge in [-0.15, -0.1) is 0 Å². The Balaban J connectivity index is 2.66. The summed E-state index contributed by atoms with van der Waals surface area (Å²) < 4.78 is 1.70. The van der Waals surface area contributed by atoms with Crippen LogP contribution in [0.4, 0.5) is 5.69 Å². The molecule has 0 saturated heterocycles. The van der Waals surface area contributed by atoms with Crippen LogP contribution in [0, 0.1) is 19.8 Å². The molecule has 5 N–H and O–H groups in total. The van der Waals surface area contributed by atoms with E-state index in [1.165, 1.54) is 0 Å². The van der Waals surface area contributed by atoms with E-state index in [0.29, 0.717) is 31.2 Å². The number of nitrogen functional groups attached to an aromatic ring is 1. The lowest BCUT2D eigenvalue weighted by Gasteiger charge is -2.25. The number of hydrogen-bond donors (Lipinski definition) is 3. The summed E-state index contributed by atoms with van der Waals surface area (Å²) in [6.07, 6.45) is -0.638. The summed E-state index contributed by atoms with van der Waals surface area (Å²) in [7, 11) is 0. The Labute approximate surface area is 125 Å². The minimum Gasteiger partial charge on any atom is -0.396 e. The number of rotatable bonds is 8. The second-order valence-electron chi connectivity index (χ2n) is 5.97. The van der Waals surface area contributed by atoms with Gasteiger partial charge >= 0.3 is 0 Å². The van der Waals surface area contributed by atoms with E-state index in [1.807, 2.05) is 18.7 Å². The van der Waals surface area contributed by atoms with Gasteiger partial charge in [-0.3, -0.25) is 14.4 Å². The maximum Gasteiger partial charge on any atom is 0.231 e. The van der Waals surface area contributed by atoms with Gasteiger partial charge in [0.25, 0.3) is 0 Å². The summed E-state index contributed by atoms with van der Waals surface area (Å²) in [5.74, 6) is -0.000845. The minimum absolute atomic E-state index is 0.147. The lowest BCUT2D eigenvalue weighted by molar-refractivity contribution is -0.119. The van der Waals surface area contributed by atoms with Crippen molar-refractivity contribution >= 4 is 11.6 Å². The Kier molecular flexibility index (Phi) is 6.17. The zero-order valence-corrected chi connectivity index (χ0v) is 13.3. The molecule has 7 heteroatoms. The van der Waals surface area contributed by atoms with Crippen molar-refractivity contribution in [1.29, 1.82) is 0 Å². The average Bonchev–Trinajstić information content (AvgIpc) is 2.55. The largest absolute Gasteiger partial charge is 0.396 e. The molecule has 0 aromatic carbocycles. The number of anilines is 1. The van der Waals surface area contributed by atoms with Crippen molar-refractivity contribution in [2.24, 2.45) is 11.7 Å². The molecule has 0 aliphatic heterocycles. The Morgan fingerprint density at radius 2 is 2.00 bits per heavy atom. The number of aromatic nitrogens is 2. The van der Waals surface area contributed by atoms with E-state index in [1.54, 1.807) is 4.68 Å². The lowest BCUT2D eigenvalue weighted by Crippen LogP contribution is -2.42. The van der Waals surface area contributed by atoms with Crippen LogP contribution in [0.5, 0.6) is 0 Å². The number of aryl methyl sites for hydroxylation is 1. The van der Waals surface area contributed by atoms with Crippen molar-refractivity contribution < 1.29 is 9.90 Å². The molecule has 0 spiro atoms. The molecule has 0 fully saturated rings. The van der Waals surface area contributed by atoms with Crippen LogP contribution in [-0.4, -0.2) is 51.4 Å². The molecule has 120 valence electrons. The summed E-state index contributed by atoms with van der Waals surface area (Å²) in [6.45, 7) is 9.40. The molecule has 0 radical (unpaired) electrons. The summed E-state index contributed by atoms with van der Waals surface area (Å²) >= 11 is 0. The number of aliphatic hydroxyl groups excluding tert-OH is 1. The van der Waals surface area contributed by atoms with Crippen molar-refractivity contribution in [3.05, 3.63) is 11.4 Å². The van der Waals surface area contributed by atoms with Crippen LogP contribution in [0.3, 0.4) is 0 Å². The Bertz CT molecular complexity index is 484. The topological polar surface area (TPSA) is 110 Å². The smallest absolute Gasteiger partial charge is 0.231 e. The first-order valence-electron chi connectivity index (χ1n) is 7.18. The van der Waals surface area contributed by atoms with Gasteiger partial charge in [-0.1, -0.05) is 13.8 Å². The SMILES string of the molecule is Cc1nn(CC(O)CN(CC(N)=O)CC(C)C)c(C)c1N. The van der Waals surface area contributed by atoms with Crippen molar-refractivity contribution in [3.63, 3.8) is 0 Å². The zero-order valence-electron chi connectivity index (χ0n) is 13.3. The molecule has 1 atom stereocenters. The fraction of sp³-hybridized carbons (Fsp3) is 0.714. The van der Waals surface area contributed by atoms with Crippen LogP contribution in [0.15, 0.2) is 0 Å². The van der Waals surface area contributed by atoms with Gasteiger partial charge in [0, 0.05) is 13.1 Å². The monoisotopic (exact) mass is 297 g/mol. The molecule has 1 amide bonds. The molecule has 1 unspecified atom stereocenters. The lowest BCUT2D eigenvalue weighted by atomic mass is 10.2. The second kappa shape index (κ2) is 7.42. The third-order valence-corrected chi connectivity index (χ3v) is 3.29. The van der Waals surface area contributed by atoms with E-state index in [-0.39, 0.29) is 6.54 Å². The number of carbonyl (C=O) groups excluding carboxylic acids is 1. The normalized spacial score (nSPS) is 13.1. The highest BCUT2D eigenvalue weighted by molar-refractivity contribution is 5.75. The fourth-order valence-electron chi connectivity index (χ4n) is 2.38. The number of nitrogens with two attached hydrogens (primary N) is 2. The standard InChI is InChI=1S/C14H27N5O2/c1-9(2)5-18(8-13(15)21)6-12(20)7-19-11(4)14(16)10(3)17-19/h9,12,20H,5-8,16H2,1-4H3,(H2,15,21). The van der Waals surface area contributed by atoms with Crippen LogP contribution in [0.1, 0.15) is 25.2 Å². The van der Waals surface area contributed by atoms with Crippen molar-refractivity contribution in [3.8, 4) is 0 Å². The summed E-state index contributed by atoms with van der Waals surface area (Å²) in [4.78, 5) is 13.0. The van der Waals surface area contributed by atoms with E-state index < -0.39 is 12.0 Å². The van der Waals surface area contributed by atoms with Gasteiger partial charge in [0.15, 0.2) is 0 Å². The molecule has 21 heavy (non-hydrogen) atoms. The quantitative estimate of drug-likeness (QED) is 0.620. The maximum absolute atomic E-state index is 11.1. The van der Waals surface area contributed by atoms with Gasteiger partial charge in [-0.2, -0.15) is 5.10 Å². The molecular formula is C14H27N5O2. The average molecular weight is 297 g/mol. The molecule has 1 aromatic rings. The number of carbonyl (C=O) groups is 1. The third-order valence-electron chi connectivity index (χ3n) is 3.29. The van der Waals surface area contributed by atoms with E-state index in [4.69, 9.17) is 11.5 Å². The number of aliphatic hydroxyl groups is 1. The van der Waals surface area contributed by atoms with E-state index >= 15 is 0 Å². The first-order chi connectivity index (χ1) is 9.70. The molecule has 0 aliphatic carbocycles. The molecule has 7 nitrogen and oxygen atoms in total. The van der Waals surface area contributed by atoms with Crippen LogP contribution in [0.25, 0.3) is 0 Å². The van der Waals surface area contributed by atoms with E-state index in [0.717, 1.165) is 11.4 Å². The number of primary amides is 1. The molecule has 0 bridgehead atoms. The highest BCUT2D eigenvalue weighted by Gasteiger charge is 2.17. The third kappa shape index (κ3) is 5.35. The molecule has 0 aliphatic rings. The van der Waals surface area contributed by atoms with Gasteiger partial charge in [-0.25, -0.2) is 0 Å². The van der Waals surface area contributed by atoms with Gasteiger partial charge in [0.2, 0.25) is 5.91 Å². The van der Waals surface area contributed by atoms with Crippen LogP contribution in [0.2, 0.25) is 0 Å².